The average molecular weight is 141 g/mol. The zero-order chi connectivity index (χ0) is 7.56. The molecule has 0 saturated heterocycles. The Balaban J connectivity index is 2.81. The molecule has 54 valence electrons. The van der Waals surface area contributed by atoms with Gasteiger partial charge in [0.05, 0.1) is 6.61 Å². The number of aliphatic carboxylic acids is 1. The van der Waals surface area contributed by atoms with Crippen LogP contribution in [-0.2, 0) is 9.53 Å². The molecule has 1 aliphatic heterocycles. The van der Waals surface area contributed by atoms with E-state index >= 15 is 0 Å². The molecule has 0 radical (unpaired) electrons. The molecule has 4 heteroatoms. The first kappa shape index (κ1) is 6.95. The van der Waals surface area contributed by atoms with Gasteiger partial charge < -0.3 is 9.84 Å². The van der Waals surface area contributed by atoms with Crippen LogP contribution in [0.2, 0.25) is 0 Å². The van der Waals surface area contributed by atoms with Gasteiger partial charge in [0.15, 0.2) is 0 Å². The van der Waals surface area contributed by atoms with Crippen LogP contribution in [0.3, 0.4) is 0 Å². The second-order valence-electron chi connectivity index (χ2n) is 1.89. The molecule has 10 heavy (non-hydrogen) atoms. The third kappa shape index (κ3) is 1.22. The Morgan fingerprint density at radius 1 is 1.80 bits per heavy atom. The molecule has 0 spiro atoms. The summed E-state index contributed by atoms with van der Waals surface area (Å²) in [7, 11) is 0. The quantitative estimate of drug-likeness (QED) is 0.561. The third-order valence-electron chi connectivity index (χ3n) is 1.13. The van der Waals surface area contributed by atoms with Gasteiger partial charge in [0.1, 0.15) is 12.4 Å². The van der Waals surface area contributed by atoms with E-state index in [1.165, 1.54) is 0 Å². The predicted molar refractivity (Wildman–Crippen MR) is 35.0 cm³/mol. The van der Waals surface area contributed by atoms with Crippen molar-refractivity contribution in [3.05, 3.63) is 12.2 Å². The van der Waals surface area contributed by atoms with Crippen LogP contribution < -0.4 is 0 Å². The summed E-state index contributed by atoms with van der Waals surface area (Å²) in [6.07, 6.45) is 0. The topological polar surface area (TPSA) is 58.9 Å². The van der Waals surface area contributed by atoms with E-state index in [4.69, 9.17) is 9.84 Å². The van der Waals surface area contributed by atoms with Crippen molar-refractivity contribution in [2.45, 2.75) is 0 Å². The fourth-order valence-corrected chi connectivity index (χ4v) is 0.678. The van der Waals surface area contributed by atoms with E-state index < -0.39 is 5.97 Å². The van der Waals surface area contributed by atoms with E-state index in [-0.39, 0.29) is 19.0 Å². The van der Waals surface area contributed by atoms with Gasteiger partial charge in [0.2, 0.25) is 0 Å². The SMILES string of the molecule is C=C1COCN=C1C(=O)O. The molecule has 0 bridgehead atoms. The summed E-state index contributed by atoms with van der Waals surface area (Å²) < 4.78 is 4.81. The van der Waals surface area contributed by atoms with Crippen molar-refractivity contribution in [2.75, 3.05) is 13.3 Å². The second-order valence-corrected chi connectivity index (χ2v) is 1.89. The predicted octanol–water partition coefficient (Wildman–Crippen LogP) is 0.0559. The lowest BCUT2D eigenvalue weighted by atomic mass is 10.2. The summed E-state index contributed by atoms with van der Waals surface area (Å²) in [6.45, 7) is 3.87. The molecule has 0 saturated carbocycles. The number of hydrogen-bond donors (Lipinski definition) is 1. The molecular formula is C6H7NO3. The molecular weight excluding hydrogens is 134 g/mol. The highest BCUT2D eigenvalue weighted by atomic mass is 16.5. The molecule has 0 aliphatic carbocycles. The zero-order valence-corrected chi connectivity index (χ0v) is 5.33. The lowest BCUT2D eigenvalue weighted by molar-refractivity contribution is -0.129. The molecule has 1 heterocycles. The van der Waals surface area contributed by atoms with Crippen LogP contribution in [-0.4, -0.2) is 30.1 Å². The maximum absolute atomic E-state index is 10.3. The largest absolute Gasteiger partial charge is 0.477 e. The van der Waals surface area contributed by atoms with Crippen LogP contribution in [0.1, 0.15) is 0 Å². The monoisotopic (exact) mass is 141 g/mol. The van der Waals surface area contributed by atoms with Crippen molar-refractivity contribution in [2.24, 2.45) is 4.99 Å². The minimum atomic E-state index is -1.03. The number of rotatable bonds is 1. The summed E-state index contributed by atoms with van der Waals surface area (Å²) >= 11 is 0. The van der Waals surface area contributed by atoms with E-state index in [0.29, 0.717) is 5.57 Å². The molecule has 0 atom stereocenters. The molecule has 0 fully saturated rings. The average Bonchev–Trinajstić information content (AvgIpc) is 1.88. The fourth-order valence-electron chi connectivity index (χ4n) is 0.678. The number of carboxylic acids is 1. The Labute approximate surface area is 57.8 Å². The van der Waals surface area contributed by atoms with Gasteiger partial charge in [-0.05, 0) is 0 Å². The minimum Gasteiger partial charge on any atom is -0.477 e. The third-order valence-corrected chi connectivity index (χ3v) is 1.13. The molecule has 1 N–H and O–H groups in total. The van der Waals surface area contributed by atoms with Crippen molar-refractivity contribution >= 4 is 11.7 Å². The lowest BCUT2D eigenvalue weighted by Crippen LogP contribution is -2.23. The van der Waals surface area contributed by atoms with Crippen LogP contribution >= 0.6 is 0 Å². The number of aliphatic imine (C=N–C) groups is 1. The van der Waals surface area contributed by atoms with E-state index in [9.17, 15) is 4.79 Å². The second kappa shape index (κ2) is 2.62. The van der Waals surface area contributed by atoms with Gasteiger partial charge in [-0.2, -0.15) is 0 Å². The van der Waals surface area contributed by atoms with Gasteiger partial charge in [0.25, 0.3) is 0 Å². The maximum Gasteiger partial charge on any atom is 0.354 e. The van der Waals surface area contributed by atoms with Crippen LogP contribution in [0.5, 0.6) is 0 Å². The number of nitrogens with zero attached hydrogens (tertiary/aromatic N) is 1. The highest BCUT2D eigenvalue weighted by Crippen LogP contribution is 2.02. The summed E-state index contributed by atoms with van der Waals surface area (Å²) in [6, 6.07) is 0. The number of carbonyl (C=O) groups is 1. The van der Waals surface area contributed by atoms with Crippen molar-refractivity contribution < 1.29 is 14.6 Å². The van der Waals surface area contributed by atoms with Crippen molar-refractivity contribution in [3.8, 4) is 0 Å². The highest BCUT2D eigenvalue weighted by Gasteiger charge is 2.16. The Hall–Kier alpha value is -1.16. The number of carboxylic acid groups (broad SMARTS) is 1. The van der Waals surface area contributed by atoms with Crippen molar-refractivity contribution in [1.29, 1.82) is 0 Å². The molecule has 0 aromatic rings. The van der Waals surface area contributed by atoms with Crippen molar-refractivity contribution in [3.63, 3.8) is 0 Å². The van der Waals surface area contributed by atoms with Crippen LogP contribution in [0.4, 0.5) is 0 Å². The van der Waals surface area contributed by atoms with Gasteiger partial charge in [-0.25, -0.2) is 9.79 Å². The summed E-state index contributed by atoms with van der Waals surface area (Å²) in [4.78, 5) is 13.9. The smallest absolute Gasteiger partial charge is 0.354 e. The number of ether oxygens (including phenoxy) is 1. The first-order valence-electron chi connectivity index (χ1n) is 2.75. The van der Waals surface area contributed by atoms with Gasteiger partial charge >= 0.3 is 5.97 Å². The lowest BCUT2D eigenvalue weighted by Gasteiger charge is -2.10. The Morgan fingerprint density at radius 3 is 2.90 bits per heavy atom. The van der Waals surface area contributed by atoms with Gasteiger partial charge in [0, 0.05) is 5.57 Å². The Kier molecular flexibility index (Phi) is 1.82. The molecule has 0 unspecified atom stereocenters. The van der Waals surface area contributed by atoms with E-state index in [0.717, 1.165) is 0 Å². The summed E-state index contributed by atoms with van der Waals surface area (Å²) in [5.74, 6) is -1.03. The maximum atomic E-state index is 10.3. The highest BCUT2D eigenvalue weighted by molar-refractivity contribution is 6.42. The van der Waals surface area contributed by atoms with Crippen LogP contribution in [0, 0.1) is 0 Å². The fraction of sp³-hybridized carbons (Fsp3) is 0.333. The van der Waals surface area contributed by atoms with E-state index in [2.05, 4.69) is 11.6 Å². The molecule has 4 nitrogen and oxygen atoms in total. The molecule has 1 rings (SSSR count). The Morgan fingerprint density at radius 2 is 2.50 bits per heavy atom. The first-order valence-corrected chi connectivity index (χ1v) is 2.75. The standard InChI is InChI=1S/C6H7NO3/c1-4-2-10-3-7-5(4)6(8)9/h1-3H2,(H,8,9). The summed E-state index contributed by atoms with van der Waals surface area (Å²) in [5, 5.41) is 8.46. The van der Waals surface area contributed by atoms with Crippen LogP contribution in [0.15, 0.2) is 17.1 Å². The number of hydrogen-bond acceptors (Lipinski definition) is 3. The molecule has 0 aromatic heterocycles. The molecule has 0 amide bonds. The minimum absolute atomic E-state index is 0.0336. The van der Waals surface area contributed by atoms with Gasteiger partial charge in [-0.1, -0.05) is 6.58 Å². The zero-order valence-electron chi connectivity index (χ0n) is 5.33. The van der Waals surface area contributed by atoms with Crippen LogP contribution in [0.25, 0.3) is 0 Å². The van der Waals surface area contributed by atoms with Gasteiger partial charge in [-0.15, -0.1) is 0 Å². The molecule has 1 aliphatic rings. The Bertz CT molecular complexity index is 207. The molecule has 0 aromatic carbocycles. The van der Waals surface area contributed by atoms with E-state index in [1.807, 2.05) is 0 Å². The van der Waals surface area contributed by atoms with E-state index in [1.54, 1.807) is 0 Å². The van der Waals surface area contributed by atoms with Gasteiger partial charge in [-0.3, -0.25) is 0 Å². The summed E-state index contributed by atoms with van der Waals surface area (Å²) in [5.41, 5.74) is 0.463. The normalized spacial score (nSPS) is 18.4. The van der Waals surface area contributed by atoms with Crippen molar-refractivity contribution in [1.82, 2.24) is 0 Å². The first-order chi connectivity index (χ1) is 4.72.